The Labute approximate surface area is 157 Å². The summed E-state index contributed by atoms with van der Waals surface area (Å²) in [6, 6.07) is 7.26. The molecule has 27 heavy (non-hydrogen) atoms. The van der Waals surface area contributed by atoms with Crippen molar-refractivity contribution in [2.45, 2.75) is 13.0 Å². The lowest BCUT2D eigenvalue weighted by atomic mass is 10.2. The average Bonchev–Trinajstić information content (AvgIpc) is 2.71. The van der Waals surface area contributed by atoms with Crippen LogP contribution in [-0.2, 0) is 7.05 Å². The van der Waals surface area contributed by atoms with Crippen LogP contribution in [0.2, 0.25) is 0 Å². The normalized spacial score (nSPS) is 17.2. The van der Waals surface area contributed by atoms with Crippen molar-refractivity contribution in [3.8, 4) is 11.3 Å². The van der Waals surface area contributed by atoms with E-state index in [1.54, 1.807) is 42.5 Å². The first-order chi connectivity index (χ1) is 13.1. The molecule has 0 radical (unpaired) electrons. The van der Waals surface area contributed by atoms with E-state index in [1.165, 1.54) is 0 Å². The summed E-state index contributed by atoms with van der Waals surface area (Å²) in [4.78, 5) is 34.3. The van der Waals surface area contributed by atoms with Crippen LogP contribution in [0.25, 0.3) is 11.3 Å². The van der Waals surface area contributed by atoms with Gasteiger partial charge in [0.1, 0.15) is 0 Å². The Kier molecular flexibility index (Phi) is 4.53. The van der Waals surface area contributed by atoms with E-state index in [0.717, 1.165) is 31.1 Å². The van der Waals surface area contributed by atoms with Gasteiger partial charge in [0.05, 0.1) is 5.69 Å². The van der Waals surface area contributed by atoms with Gasteiger partial charge in [-0.3, -0.25) is 14.3 Å². The molecule has 0 spiro atoms. The first-order valence-electron chi connectivity index (χ1n) is 8.90. The van der Waals surface area contributed by atoms with Gasteiger partial charge in [-0.15, -0.1) is 0 Å². The highest BCUT2D eigenvalue weighted by Crippen LogP contribution is 2.22. The molecule has 0 saturated carbocycles. The summed E-state index contributed by atoms with van der Waals surface area (Å²) in [6.07, 6.45) is 6.91. The predicted molar refractivity (Wildman–Crippen MR) is 104 cm³/mol. The smallest absolute Gasteiger partial charge is 0.255 e. The third-order valence-electron chi connectivity index (χ3n) is 4.81. The van der Waals surface area contributed by atoms with Gasteiger partial charge in [0.25, 0.3) is 5.56 Å². The Morgan fingerprint density at radius 2 is 1.81 bits per heavy atom. The zero-order chi connectivity index (χ0) is 18.8. The molecule has 3 aromatic heterocycles. The Balaban J connectivity index is 1.64. The number of rotatable bonds is 3. The molecule has 4 rings (SSSR count). The zero-order valence-corrected chi connectivity index (χ0v) is 15.4. The van der Waals surface area contributed by atoms with Crippen molar-refractivity contribution in [3.63, 3.8) is 0 Å². The Morgan fingerprint density at radius 1 is 1.07 bits per heavy atom. The van der Waals surface area contributed by atoms with Crippen LogP contribution in [0.1, 0.15) is 6.92 Å². The molecule has 138 valence electrons. The summed E-state index contributed by atoms with van der Waals surface area (Å²) in [5.74, 6) is 1.41. The third-order valence-corrected chi connectivity index (χ3v) is 4.81. The van der Waals surface area contributed by atoms with E-state index < -0.39 is 0 Å². The number of aromatic nitrogens is 5. The summed E-state index contributed by atoms with van der Waals surface area (Å²) in [5.41, 5.74) is 1.47. The monoisotopic (exact) mass is 363 g/mol. The highest BCUT2D eigenvalue weighted by Gasteiger charge is 2.28. The lowest BCUT2D eigenvalue weighted by molar-refractivity contribution is 0.523. The maximum atomic E-state index is 12.5. The minimum Gasteiger partial charge on any atom is -0.337 e. The molecule has 0 N–H and O–H groups in total. The topological polar surface area (TPSA) is 80.0 Å². The molecule has 0 bridgehead atoms. The Morgan fingerprint density at radius 3 is 2.52 bits per heavy atom. The number of nitrogens with zero attached hydrogens (tertiary/aromatic N) is 7. The van der Waals surface area contributed by atoms with Crippen molar-refractivity contribution < 1.29 is 0 Å². The largest absolute Gasteiger partial charge is 0.337 e. The second-order valence-electron chi connectivity index (χ2n) is 6.61. The van der Waals surface area contributed by atoms with Crippen LogP contribution in [-0.4, -0.2) is 50.2 Å². The number of hydrogen-bond acceptors (Lipinski definition) is 7. The summed E-state index contributed by atoms with van der Waals surface area (Å²) in [6.45, 7) is 4.39. The molecule has 1 aliphatic heterocycles. The maximum Gasteiger partial charge on any atom is 0.255 e. The standard InChI is InChI=1S/C19H21N7O/c1-14-13-25(18-21-6-3-7-22-18)10-11-26(14)19-23-16(12-17(27)24(19)2)15-4-8-20-9-5-15/h3-9,12,14H,10-11,13H2,1-2H3. The highest BCUT2D eigenvalue weighted by atomic mass is 16.1. The fraction of sp³-hybridized carbons (Fsp3) is 0.316. The van der Waals surface area contributed by atoms with Crippen LogP contribution < -0.4 is 15.4 Å². The first kappa shape index (κ1) is 17.1. The molecule has 0 amide bonds. The van der Waals surface area contributed by atoms with Crippen LogP contribution in [0.5, 0.6) is 0 Å². The van der Waals surface area contributed by atoms with Crippen molar-refractivity contribution in [3.05, 3.63) is 59.4 Å². The van der Waals surface area contributed by atoms with E-state index in [2.05, 4.69) is 31.7 Å². The van der Waals surface area contributed by atoms with E-state index in [-0.39, 0.29) is 11.6 Å². The molecule has 1 saturated heterocycles. The molecule has 3 aromatic rings. The lowest BCUT2D eigenvalue weighted by Crippen LogP contribution is -2.54. The Bertz CT molecular complexity index is 974. The Hall–Kier alpha value is -3.29. The number of anilines is 2. The van der Waals surface area contributed by atoms with E-state index >= 15 is 0 Å². The summed E-state index contributed by atoms with van der Waals surface area (Å²) < 4.78 is 1.61. The van der Waals surface area contributed by atoms with Crippen molar-refractivity contribution in [1.82, 2.24) is 24.5 Å². The van der Waals surface area contributed by atoms with Crippen LogP contribution >= 0.6 is 0 Å². The predicted octanol–water partition coefficient (Wildman–Crippen LogP) is 1.35. The van der Waals surface area contributed by atoms with Crippen LogP contribution in [0, 0.1) is 0 Å². The number of hydrogen-bond donors (Lipinski definition) is 0. The number of piperazine rings is 1. The van der Waals surface area contributed by atoms with Gasteiger partial charge in [-0.2, -0.15) is 0 Å². The average molecular weight is 363 g/mol. The van der Waals surface area contributed by atoms with Crippen LogP contribution in [0.4, 0.5) is 11.9 Å². The maximum absolute atomic E-state index is 12.5. The van der Waals surface area contributed by atoms with Crippen molar-refractivity contribution in [2.24, 2.45) is 7.05 Å². The van der Waals surface area contributed by atoms with Gasteiger partial charge >= 0.3 is 0 Å². The van der Waals surface area contributed by atoms with Crippen molar-refractivity contribution >= 4 is 11.9 Å². The third kappa shape index (κ3) is 3.38. The molecule has 4 heterocycles. The van der Waals surface area contributed by atoms with Gasteiger partial charge in [0, 0.05) is 69.1 Å². The summed E-state index contributed by atoms with van der Waals surface area (Å²) in [5, 5.41) is 0. The molecule has 1 fully saturated rings. The van der Waals surface area contributed by atoms with Crippen LogP contribution in [0.3, 0.4) is 0 Å². The van der Waals surface area contributed by atoms with E-state index in [1.807, 2.05) is 18.2 Å². The zero-order valence-electron chi connectivity index (χ0n) is 15.4. The fourth-order valence-corrected chi connectivity index (χ4v) is 3.35. The molecule has 1 unspecified atom stereocenters. The fourth-order valence-electron chi connectivity index (χ4n) is 3.35. The molecule has 0 aliphatic carbocycles. The van der Waals surface area contributed by atoms with Gasteiger partial charge in [0.2, 0.25) is 11.9 Å². The molecule has 1 atom stereocenters. The SMILES string of the molecule is CC1CN(c2ncccn2)CCN1c1nc(-c2ccncc2)cc(=O)n1C. The summed E-state index contributed by atoms with van der Waals surface area (Å²) >= 11 is 0. The van der Waals surface area contributed by atoms with E-state index in [9.17, 15) is 4.79 Å². The van der Waals surface area contributed by atoms with E-state index in [4.69, 9.17) is 4.98 Å². The first-order valence-corrected chi connectivity index (χ1v) is 8.90. The van der Waals surface area contributed by atoms with Crippen LogP contribution in [0.15, 0.2) is 53.8 Å². The molecule has 8 nitrogen and oxygen atoms in total. The van der Waals surface area contributed by atoms with Crippen molar-refractivity contribution in [1.29, 1.82) is 0 Å². The second kappa shape index (κ2) is 7.14. The molecule has 1 aliphatic rings. The quantitative estimate of drug-likeness (QED) is 0.695. The molecule has 0 aromatic carbocycles. The number of pyridine rings is 1. The van der Waals surface area contributed by atoms with E-state index in [0.29, 0.717) is 11.6 Å². The highest BCUT2D eigenvalue weighted by molar-refractivity contribution is 5.59. The van der Waals surface area contributed by atoms with Gasteiger partial charge < -0.3 is 9.80 Å². The van der Waals surface area contributed by atoms with Gasteiger partial charge in [-0.25, -0.2) is 15.0 Å². The molecular weight excluding hydrogens is 342 g/mol. The minimum absolute atomic E-state index is 0.0761. The van der Waals surface area contributed by atoms with Gasteiger partial charge in [-0.1, -0.05) is 0 Å². The molecule has 8 heteroatoms. The second-order valence-corrected chi connectivity index (χ2v) is 6.61. The van der Waals surface area contributed by atoms with Crippen molar-refractivity contribution in [2.75, 3.05) is 29.4 Å². The minimum atomic E-state index is -0.0761. The lowest BCUT2D eigenvalue weighted by Gasteiger charge is -2.40. The van der Waals surface area contributed by atoms with Gasteiger partial charge in [-0.05, 0) is 25.1 Å². The summed E-state index contributed by atoms with van der Waals surface area (Å²) in [7, 11) is 1.76. The molecular formula is C19H21N7O. The van der Waals surface area contributed by atoms with Gasteiger partial charge in [0.15, 0.2) is 0 Å².